The van der Waals surface area contributed by atoms with Crippen molar-refractivity contribution in [2.75, 3.05) is 6.54 Å². The lowest BCUT2D eigenvalue weighted by Gasteiger charge is -2.21. The molecular formula is C4H10NO3-. The predicted molar refractivity (Wildman–Crippen MR) is 28.2 cm³/mol. The van der Waals surface area contributed by atoms with E-state index in [1.165, 1.54) is 0 Å². The van der Waals surface area contributed by atoms with Crippen LogP contribution in [0.25, 0.3) is 0 Å². The fourth-order valence-electron chi connectivity index (χ4n) is 0.309. The minimum Gasteiger partial charge on any atom is -0.762 e. The molecule has 0 rings (SSSR count). The molecule has 0 aliphatic rings. The SMILES string of the molecule is CC[C@H](O)CN([O-])O. The lowest BCUT2D eigenvalue weighted by Crippen LogP contribution is -2.23. The maximum atomic E-state index is 9.73. The molecule has 1 atom stereocenters. The van der Waals surface area contributed by atoms with Gasteiger partial charge in [0.15, 0.2) is 0 Å². The van der Waals surface area contributed by atoms with Crippen molar-refractivity contribution in [1.29, 1.82) is 0 Å². The quantitative estimate of drug-likeness (QED) is 0.512. The minimum absolute atomic E-state index is 0.226. The van der Waals surface area contributed by atoms with Gasteiger partial charge < -0.3 is 15.5 Å². The van der Waals surface area contributed by atoms with Crippen molar-refractivity contribution < 1.29 is 10.3 Å². The van der Waals surface area contributed by atoms with Gasteiger partial charge in [-0.2, -0.15) is 0 Å². The maximum absolute atomic E-state index is 9.73. The molecule has 0 bridgehead atoms. The molecule has 0 heterocycles. The van der Waals surface area contributed by atoms with E-state index in [0.29, 0.717) is 6.42 Å². The molecule has 0 saturated carbocycles. The maximum Gasteiger partial charge on any atom is 0.0676 e. The lowest BCUT2D eigenvalue weighted by atomic mass is 10.3. The predicted octanol–water partition coefficient (Wildman–Crippen LogP) is -0.0537. The van der Waals surface area contributed by atoms with Crippen LogP contribution < -0.4 is 0 Å². The van der Waals surface area contributed by atoms with Gasteiger partial charge in [0.1, 0.15) is 0 Å². The Labute approximate surface area is 47.9 Å². The Kier molecular flexibility index (Phi) is 3.72. The Morgan fingerprint density at radius 1 is 1.75 bits per heavy atom. The van der Waals surface area contributed by atoms with Crippen LogP contribution in [0.15, 0.2) is 0 Å². The number of nitrogens with zero attached hydrogens (tertiary/aromatic N) is 1. The highest BCUT2D eigenvalue weighted by Crippen LogP contribution is 1.90. The summed E-state index contributed by atoms with van der Waals surface area (Å²) < 4.78 is 0. The summed E-state index contributed by atoms with van der Waals surface area (Å²) in [6, 6.07) is 0. The van der Waals surface area contributed by atoms with E-state index in [0.717, 1.165) is 0 Å². The first-order valence-electron chi connectivity index (χ1n) is 2.48. The fraction of sp³-hybridized carbons (Fsp3) is 1.00. The van der Waals surface area contributed by atoms with Crippen LogP contribution in [-0.2, 0) is 0 Å². The fourth-order valence-corrected chi connectivity index (χ4v) is 0.309. The first-order valence-corrected chi connectivity index (χ1v) is 2.48. The van der Waals surface area contributed by atoms with Crippen LogP contribution in [0, 0.1) is 5.21 Å². The Bertz CT molecular complexity index is 57.2. The van der Waals surface area contributed by atoms with Crippen LogP contribution >= 0.6 is 0 Å². The van der Waals surface area contributed by atoms with Gasteiger partial charge >= 0.3 is 0 Å². The average molecular weight is 120 g/mol. The first kappa shape index (κ1) is 7.84. The molecule has 0 aliphatic carbocycles. The summed E-state index contributed by atoms with van der Waals surface area (Å²) in [6.07, 6.45) is -0.225. The highest BCUT2D eigenvalue weighted by atomic mass is 16.8. The second-order valence-electron chi connectivity index (χ2n) is 1.60. The summed E-state index contributed by atoms with van der Waals surface area (Å²) >= 11 is 0. The van der Waals surface area contributed by atoms with Gasteiger partial charge in [0, 0.05) is 6.54 Å². The summed E-state index contributed by atoms with van der Waals surface area (Å²) in [5.74, 6) is 0. The third-order valence-corrected chi connectivity index (χ3v) is 0.838. The topological polar surface area (TPSA) is 66.8 Å². The standard InChI is InChI=1S/C4H10NO3/c1-2-4(6)3-5(7)8/h4,6-7H,2-3H2,1H3/q-1/t4-/m0/s1. The van der Waals surface area contributed by atoms with E-state index >= 15 is 0 Å². The van der Waals surface area contributed by atoms with Gasteiger partial charge in [0.05, 0.1) is 6.10 Å². The Hall–Kier alpha value is -0.160. The van der Waals surface area contributed by atoms with Crippen LogP contribution in [-0.4, -0.2) is 28.2 Å². The van der Waals surface area contributed by atoms with E-state index in [1.807, 2.05) is 0 Å². The molecule has 0 aromatic rings. The molecule has 0 unspecified atom stereocenters. The Balaban J connectivity index is 3.10. The molecule has 8 heavy (non-hydrogen) atoms. The molecule has 4 heteroatoms. The lowest BCUT2D eigenvalue weighted by molar-refractivity contribution is -0.0688. The highest BCUT2D eigenvalue weighted by molar-refractivity contribution is 4.53. The number of hydrogen-bond donors (Lipinski definition) is 2. The highest BCUT2D eigenvalue weighted by Gasteiger charge is 1.97. The van der Waals surface area contributed by atoms with Crippen molar-refractivity contribution >= 4 is 0 Å². The molecule has 0 aromatic carbocycles. The first-order chi connectivity index (χ1) is 3.66. The average Bonchev–Trinajstić information content (AvgIpc) is 1.65. The molecule has 0 amide bonds. The van der Waals surface area contributed by atoms with Crippen molar-refractivity contribution in [3.05, 3.63) is 5.21 Å². The van der Waals surface area contributed by atoms with E-state index in [2.05, 4.69) is 0 Å². The molecule has 0 radical (unpaired) electrons. The number of rotatable bonds is 3. The number of aliphatic hydroxyl groups is 1. The zero-order chi connectivity index (χ0) is 6.57. The normalized spacial score (nSPS) is 14.6. The smallest absolute Gasteiger partial charge is 0.0676 e. The zero-order valence-electron chi connectivity index (χ0n) is 4.74. The molecule has 0 saturated heterocycles. The van der Waals surface area contributed by atoms with E-state index in [4.69, 9.17) is 10.3 Å². The number of hydrogen-bond acceptors (Lipinski definition) is 4. The molecular weight excluding hydrogens is 110 g/mol. The number of hydroxylamine groups is 2. The van der Waals surface area contributed by atoms with Crippen molar-refractivity contribution in [3.8, 4) is 0 Å². The molecule has 4 nitrogen and oxygen atoms in total. The van der Waals surface area contributed by atoms with Crippen LogP contribution in [0.1, 0.15) is 13.3 Å². The van der Waals surface area contributed by atoms with Gasteiger partial charge in [-0.15, -0.1) is 0 Å². The monoisotopic (exact) mass is 120 g/mol. The Morgan fingerprint density at radius 2 is 2.25 bits per heavy atom. The van der Waals surface area contributed by atoms with Crippen molar-refractivity contribution in [2.45, 2.75) is 19.4 Å². The third-order valence-electron chi connectivity index (χ3n) is 0.838. The van der Waals surface area contributed by atoms with Crippen LogP contribution in [0.3, 0.4) is 0 Å². The molecule has 0 aromatic heterocycles. The van der Waals surface area contributed by atoms with Crippen LogP contribution in [0.2, 0.25) is 0 Å². The van der Waals surface area contributed by atoms with Gasteiger partial charge in [-0.1, -0.05) is 6.92 Å². The zero-order valence-corrected chi connectivity index (χ0v) is 4.74. The van der Waals surface area contributed by atoms with E-state index in [1.54, 1.807) is 6.92 Å². The Morgan fingerprint density at radius 3 is 2.38 bits per heavy atom. The molecule has 50 valence electrons. The van der Waals surface area contributed by atoms with Crippen LogP contribution in [0.4, 0.5) is 0 Å². The molecule has 0 aliphatic heterocycles. The molecule has 0 spiro atoms. The van der Waals surface area contributed by atoms with Crippen molar-refractivity contribution in [2.24, 2.45) is 0 Å². The van der Waals surface area contributed by atoms with E-state index in [9.17, 15) is 5.21 Å². The van der Waals surface area contributed by atoms with Crippen LogP contribution in [0.5, 0.6) is 0 Å². The summed E-state index contributed by atoms with van der Waals surface area (Å²) in [5.41, 5.74) is 0. The summed E-state index contributed by atoms with van der Waals surface area (Å²) in [6.45, 7) is 1.50. The minimum atomic E-state index is -0.711. The second-order valence-corrected chi connectivity index (χ2v) is 1.60. The van der Waals surface area contributed by atoms with Gasteiger partial charge in [-0.05, 0) is 6.42 Å². The van der Waals surface area contributed by atoms with Gasteiger partial charge in [0.25, 0.3) is 0 Å². The van der Waals surface area contributed by atoms with E-state index < -0.39 is 6.10 Å². The third kappa shape index (κ3) is 4.01. The van der Waals surface area contributed by atoms with E-state index in [-0.39, 0.29) is 11.8 Å². The summed E-state index contributed by atoms with van der Waals surface area (Å²) in [4.78, 5) is 0. The second kappa shape index (κ2) is 3.80. The van der Waals surface area contributed by atoms with Crippen molar-refractivity contribution in [3.63, 3.8) is 0 Å². The molecule has 0 fully saturated rings. The van der Waals surface area contributed by atoms with Gasteiger partial charge in [-0.25, -0.2) is 0 Å². The summed E-state index contributed by atoms with van der Waals surface area (Å²) in [5, 5.41) is 26.1. The van der Waals surface area contributed by atoms with Gasteiger partial charge in [0.2, 0.25) is 0 Å². The van der Waals surface area contributed by atoms with Gasteiger partial charge in [-0.3, -0.25) is 5.23 Å². The molecule has 2 N–H and O–H groups in total. The number of aliphatic hydroxyl groups excluding tert-OH is 1. The largest absolute Gasteiger partial charge is 0.762 e. The summed E-state index contributed by atoms with van der Waals surface area (Å²) in [7, 11) is 0. The van der Waals surface area contributed by atoms with Crippen molar-refractivity contribution in [1.82, 2.24) is 5.23 Å².